The molecule has 0 radical (unpaired) electrons. The molecule has 0 atom stereocenters. The Hall–Kier alpha value is -0.940. The fourth-order valence-electron chi connectivity index (χ4n) is 2.44. The number of nitrogens with zero attached hydrogens (tertiary/aromatic N) is 3. The lowest BCUT2D eigenvalue weighted by Gasteiger charge is -2.26. The summed E-state index contributed by atoms with van der Waals surface area (Å²) in [5.74, 6) is 0.936. The fraction of sp³-hybridized carbons (Fsp3) is 0.818. The lowest BCUT2D eigenvalue weighted by molar-refractivity contribution is 0.127. The van der Waals surface area contributed by atoms with Crippen molar-refractivity contribution in [3.63, 3.8) is 0 Å². The molecule has 5 heteroatoms. The van der Waals surface area contributed by atoms with Gasteiger partial charge in [-0.15, -0.1) is 0 Å². The lowest BCUT2D eigenvalue weighted by atomic mass is 9.87. The summed E-state index contributed by atoms with van der Waals surface area (Å²) in [5.41, 5.74) is 0.110. The summed E-state index contributed by atoms with van der Waals surface area (Å²) in [5, 5.41) is 16.9. The number of aromatic nitrogens is 3. The molecule has 1 saturated carbocycles. The molecule has 1 aliphatic rings. The van der Waals surface area contributed by atoms with Crippen LogP contribution < -0.4 is 5.32 Å². The second-order valence-electron chi connectivity index (χ2n) is 4.77. The molecule has 0 amide bonds. The summed E-state index contributed by atoms with van der Waals surface area (Å²) >= 11 is 0. The van der Waals surface area contributed by atoms with Crippen molar-refractivity contribution in [2.75, 3.05) is 13.2 Å². The third-order valence-electron chi connectivity index (χ3n) is 3.59. The molecule has 5 nitrogen and oxygen atoms in total. The molecule has 16 heavy (non-hydrogen) atoms. The highest BCUT2D eigenvalue weighted by molar-refractivity contribution is 4.88. The Kier molecular flexibility index (Phi) is 3.56. The maximum absolute atomic E-state index is 9.46. The van der Waals surface area contributed by atoms with Gasteiger partial charge in [-0.25, -0.2) is 4.98 Å². The van der Waals surface area contributed by atoms with Gasteiger partial charge in [-0.05, 0) is 12.8 Å². The number of rotatable bonds is 5. The Bertz CT molecular complexity index is 330. The van der Waals surface area contributed by atoms with Crippen LogP contribution in [-0.4, -0.2) is 33.0 Å². The summed E-state index contributed by atoms with van der Waals surface area (Å²) in [6.07, 6.45) is 6.32. The van der Waals surface area contributed by atoms with Gasteiger partial charge in [-0.3, -0.25) is 4.68 Å². The van der Waals surface area contributed by atoms with Gasteiger partial charge in [0.1, 0.15) is 12.2 Å². The zero-order valence-electron chi connectivity index (χ0n) is 9.82. The van der Waals surface area contributed by atoms with Crippen LogP contribution in [-0.2, 0) is 13.6 Å². The first kappa shape index (κ1) is 11.5. The van der Waals surface area contributed by atoms with Crippen LogP contribution in [0.15, 0.2) is 6.33 Å². The molecule has 2 N–H and O–H groups in total. The predicted molar refractivity (Wildman–Crippen MR) is 60.7 cm³/mol. The summed E-state index contributed by atoms with van der Waals surface area (Å²) < 4.78 is 1.77. The molecule has 1 aliphatic carbocycles. The minimum atomic E-state index is 0.110. The van der Waals surface area contributed by atoms with E-state index in [9.17, 15) is 5.11 Å². The number of aliphatic hydroxyl groups is 1. The maximum Gasteiger partial charge on any atom is 0.140 e. The van der Waals surface area contributed by atoms with Crippen molar-refractivity contribution in [2.24, 2.45) is 12.5 Å². The molecule has 0 unspecified atom stereocenters. The summed E-state index contributed by atoms with van der Waals surface area (Å²) in [6, 6.07) is 0. The van der Waals surface area contributed by atoms with E-state index in [0.29, 0.717) is 6.61 Å². The van der Waals surface area contributed by atoms with E-state index in [1.807, 2.05) is 7.05 Å². The first-order chi connectivity index (χ1) is 7.76. The maximum atomic E-state index is 9.46. The average molecular weight is 224 g/mol. The van der Waals surface area contributed by atoms with Crippen molar-refractivity contribution in [3.05, 3.63) is 12.2 Å². The molecule has 1 aromatic heterocycles. The SMILES string of the molecule is Cn1ncnc1CNCC1(CO)CCCC1. The van der Waals surface area contributed by atoms with Gasteiger partial charge in [-0.2, -0.15) is 5.10 Å². The van der Waals surface area contributed by atoms with Gasteiger partial charge in [0.15, 0.2) is 0 Å². The number of aliphatic hydroxyl groups excluding tert-OH is 1. The van der Waals surface area contributed by atoms with Crippen LogP contribution in [0.5, 0.6) is 0 Å². The van der Waals surface area contributed by atoms with Gasteiger partial charge < -0.3 is 10.4 Å². The summed E-state index contributed by atoms with van der Waals surface area (Å²) in [6.45, 7) is 1.88. The molecule has 0 aromatic carbocycles. The molecule has 1 fully saturated rings. The normalized spacial score (nSPS) is 19.1. The molecule has 90 valence electrons. The first-order valence-electron chi connectivity index (χ1n) is 5.90. The van der Waals surface area contributed by atoms with Crippen LogP contribution in [0.25, 0.3) is 0 Å². The largest absolute Gasteiger partial charge is 0.396 e. The summed E-state index contributed by atoms with van der Waals surface area (Å²) in [4.78, 5) is 4.16. The van der Waals surface area contributed by atoms with Crippen molar-refractivity contribution in [1.29, 1.82) is 0 Å². The van der Waals surface area contributed by atoms with Gasteiger partial charge in [0.05, 0.1) is 6.54 Å². The highest BCUT2D eigenvalue weighted by Crippen LogP contribution is 2.36. The quantitative estimate of drug-likeness (QED) is 0.762. The second kappa shape index (κ2) is 4.93. The molecular weight excluding hydrogens is 204 g/mol. The topological polar surface area (TPSA) is 63.0 Å². The van der Waals surface area contributed by atoms with E-state index in [0.717, 1.165) is 31.8 Å². The van der Waals surface area contributed by atoms with Gasteiger partial charge in [0, 0.05) is 25.6 Å². The van der Waals surface area contributed by atoms with E-state index in [-0.39, 0.29) is 5.41 Å². The van der Waals surface area contributed by atoms with Crippen LogP contribution in [0.3, 0.4) is 0 Å². The minimum Gasteiger partial charge on any atom is -0.396 e. The Morgan fingerprint density at radius 2 is 2.25 bits per heavy atom. The monoisotopic (exact) mass is 224 g/mol. The van der Waals surface area contributed by atoms with E-state index in [2.05, 4.69) is 15.4 Å². The van der Waals surface area contributed by atoms with Crippen molar-refractivity contribution in [2.45, 2.75) is 32.2 Å². The third-order valence-corrected chi connectivity index (χ3v) is 3.59. The van der Waals surface area contributed by atoms with Crippen LogP contribution in [0.2, 0.25) is 0 Å². The van der Waals surface area contributed by atoms with Crippen molar-refractivity contribution >= 4 is 0 Å². The first-order valence-corrected chi connectivity index (χ1v) is 5.90. The van der Waals surface area contributed by atoms with Crippen LogP contribution >= 0.6 is 0 Å². The molecule has 1 heterocycles. The van der Waals surface area contributed by atoms with E-state index in [4.69, 9.17) is 0 Å². The molecular formula is C11H20N4O. The molecule has 0 saturated heterocycles. The van der Waals surface area contributed by atoms with Crippen LogP contribution in [0.4, 0.5) is 0 Å². The smallest absolute Gasteiger partial charge is 0.140 e. The Morgan fingerprint density at radius 1 is 1.50 bits per heavy atom. The number of aryl methyl sites for hydroxylation is 1. The fourth-order valence-corrected chi connectivity index (χ4v) is 2.44. The number of hydrogen-bond donors (Lipinski definition) is 2. The second-order valence-corrected chi connectivity index (χ2v) is 4.77. The van der Waals surface area contributed by atoms with Crippen molar-refractivity contribution < 1.29 is 5.11 Å². The lowest BCUT2D eigenvalue weighted by Crippen LogP contribution is -2.35. The Balaban J connectivity index is 1.81. The summed E-state index contributed by atoms with van der Waals surface area (Å²) in [7, 11) is 1.89. The van der Waals surface area contributed by atoms with E-state index in [1.54, 1.807) is 11.0 Å². The molecule has 1 aromatic rings. The van der Waals surface area contributed by atoms with Crippen molar-refractivity contribution in [3.8, 4) is 0 Å². The zero-order chi connectivity index (χ0) is 11.4. The predicted octanol–water partition coefficient (Wildman–Crippen LogP) is 0.457. The van der Waals surface area contributed by atoms with Gasteiger partial charge >= 0.3 is 0 Å². The number of hydrogen-bond acceptors (Lipinski definition) is 4. The molecule has 2 rings (SSSR count). The third kappa shape index (κ3) is 2.41. The zero-order valence-corrected chi connectivity index (χ0v) is 9.82. The highest BCUT2D eigenvalue weighted by Gasteiger charge is 2.32. The highest BCUT2D eigenvalue weighted by atomic mass is 16.3. The van der Waals surface area contributed by atoms with E-state index < -0.39 is 0 Å². The van der Waals surface area contributed by atoms with Crippen LogP contribution in [0.1, 0.15) is 31.5 Å². The van der Waals surface area contributed by atoms with Gasteiger partial charge in [0.25, 0.3) is 0 Å². The minimum absolute atomic E-state index is 0.110. The van der Waals surface area contributed by atoms with Crippen LogP contribution in [0, 0.1) is 5.41 Å². The molecule has 0 bridgehead atoms. The standard InChI is InChI=1S/C11H20N4O/c1-15-10(13-9-14-15)6-12-7-11(8-16)4-2-3-5-11/h9,12,16H,2-8H2,1H3. The number of nitrogens with one attached hydrogen (secondary N) is 1. The molecule has 0 spiro atoms. The van der Waals surface area contributed by atoms with Crippen molar-refractivity contribution in [1.82, 2.24) is 20.1 Å². The van der Waals surface area contributed by atoms with E-state index in [1.165, 1.54) is 12.8 Å². The Morgan fingerprint density at radius 3 is 2.81 bits per heavy atom. The van der Waals surface area contributed by atoms with Gasteiger partial charge in [-0.1, -0.05) is 12.8 Å². The molecule has 0 aliphatic heterocycles. The van der Waals surface area contributed by atoms with E-state index >= 15 is 0 Å². The van der Waals surface area contributed by atoms with Gasteiger partial charge in [0.2, 0.25) is 0 Å². The average Bonchev–Trinajstić information content (AvgIpc) is 2.90. The Labute approximate surface area is 95.9 Å².